The van der Waals surface area contributed by atoms with Crippen LogP contribution in [0.3, 0.4) is 0 Å². The van der Waals surface area contributed by atoms with E-state index in [0.29, 0.717) is 49.8 Å². The number of nitrogens with zero attached hydrogens (tertiary/aromatic N) is 3. The van der Waals surface area contributed by atoms with Crippen molar-refractivity contribution in [2.24, 2.45) is 0 Å². The van der Waals surface area contributed by atoms with Gasteiger partial charge in [-0.15, -0.1) is 0 Å². The molecule has 2 aliphatic rings. The van der Waals surface area contributed by atoms with E-state index in [9.17, 15) is 14.0 Å². The molecule has 2 aliphatic heterocycles. The summed E-state index contributed by atoms with van der Waals surface area (Å²) >= 11 is 0. The normalized spacial score (nSPS) is 17.9. The predicted octanol–water partition coefficient (Wildman–Crippen LogP) is 3.38. The standard InChI is InChI=1S/C24H28FN3O3/c1-17-8-9-21-20(16-17)28(23(30)24(2,3)31-21)11-10-22(29)27-14-12-26(13-15-27)19-7-5-4-6-18(19)25/h4-9,16H,10-15H2,1-3H3. The van der Waals surface area contributed by atoms with E-state index < -0.39 is 5.60 Å². The van der Waals surface area contributed by atoms with E-state index in [2.05, 4.69) is 0 Å². The van der Waals surface area contributed by atoms with Gasteiger partial charge in [-0.25, -0.2) is 4.39 Å². The predicted molar refractivity (Wildman–Crippen MR) is 118 cm³/mol. The Morgan fingerprint density at radius 1 is 1.06 bits per heavy atom. The molecule has 0 aromatic heterocycles. The Kier molecular flexibility index (Phi) is 5.60. The maximum absolute atomic E-state index is 14.0. The molecule has 31 heavy (non-hydrogen) atoms. The highest BCUT2D eigenvalue weighted by molar-refractivity contribution is 6.02. The molecule has 0 atom stereocenters. The third-order valence-corrected chi connectivity index (χ3v) is 5.91. The Bertz CT molecular complexity index is 999. The molecule has 2 aromatic carbocycles. The van der Waals surface area contributed by atoms with E-state index in [1.807, 2.05) is 36.1 Å². The SMILES string of the molecule is Cc1ccc2c(c1)N(CCC(=O)N1CCN(c3ccccc3F)CC1)C(=O)C(C)(C)O2. The molecule has 2 aromatic rings. The van der Waals surface area contributed by atoms with E-state index in [-0.39, 0.29) is 24.1 Å². The smallest absolute Gasteiger partial charge is 0.270 e. The van der Waals surface area contributed by atoms with Crippen LogP contribution in [0.25, 0.3) is 0 Å². The van der Waals surface area contributed by atoms with Crippen molar-refractivity contribution in [2.45, 2.75) is 32.8 Å². The lowest BCUT2D eigenvalue weighted by molar-refractivity contribution is -0.133. The zero-order chi connectivity index (χ0) is 22.2. The monoisotopic (exact) mass is 425 g/mol. The van der Waals surface area contributed by atoms with Gasteiger partial charge in [-0.3, -0.25) is 9.59 Å². The Labute approximate surface area is 182 Å². The average molecular weight is 426 g/mol. The number of carbonyl (C=O) groups is 2. The largest absolute Gasteiger partial charge is 0.476 e. The second-order valence-corrected chi connectivity index (χ2v) is 8.61. The molecule has 4 rings (SSSR count). The van der Waals surface area contributed by atoms with E-state index in [0.717, 1.165) is 5.56 Å². The van der Waals surface area contributed by atoms with Crippen molar-refractivity contribution in [3.8, 4) is 5.75 Å². The molecule has 2 heterocycles. The fourth-order valence-electron chi connectivity index (χ4n) is 4.17. The fraction of sp³-hybridized carbons (Fsp3) is 0.417. The van der Waals surface area contributed by atoms with Gasteiger partial charge in [-0.05, 0) is 50.6 Å². The lowest BCUT2D eigenvalue weighted by Crippen LogP contribution is -2.54. The quantitative estimate of drug-likeness (QED) is 0.754. The van der Waals surface area contributed by atoms with Gasteiger partial charge in [0.2, 0.25) is 5.91 Å². The number of amides is 2. The molecule has 7 heteroatoms. The summed E-state index contributed by atoms with van der Waals surface area (Å²) in [5.41, 5.74) is 1.33. The van der Waals surface area contributed by atoms with Crippen LogP contribution in [0.5, 0.6) is 5.75 Å². The first-order valence-corrected chi connectivity index (χ1v) is 10.6. The molecule has 1 saturated heterocycles. The zero-order valence-electron chi connectivity index (χ0n) is 18.2. The summed E-state index contributed by atoms with van der Waals surface area (Å²) in [4.78, 5) is 31.3. The molecule has 0 aliphatic carbocycles. The number of para-hydroxylation sites is 1. The first kappa shape index (κ1) is 21.2. The van der Waals surface area contributed by atoms with Gasteiger partial charge in [0.15, 0.2) is 5.60 Å². The van der Waals surface area contributed by atoms with Crippen LogP contribution in [-0.4, -0.2) is 55.0 Å². The number of hydrogen-bond acceptors (Lipinski definition) is 4. The van der Waals surface area contributed by atoms with Crippen LogP contribution in [0, 0.1) is 12.7 Å². The van der Waals surface area contributed by atoms with Gasteiger partial charge in [0.1, 0.15) is 11.6 Å². The van der Waals surface area contributed by atoms with E-state index in [1.54, 1.807) is 35.8 Å². The van der Waals surface area contributed by atoms with Gasteiger partial charge in [-0.1, -0.05) is 18.2 Å². The Balaban J connectivity index is 1.39. The molecule has 1 fully saturated rings. The topological polar surface area (TPSA) is 53.1 Å². The molecular formula is C24H28FN3O3. The Morgan fingerprint density at radius 3 is 2.48 bits per heavy atom. The average Bonchev–Trinajstić information content (AvgIpc) is 2.75. The van der Waals surface area contributed by atoms with Gasteiger partial charge in [0, 0.05) is 39.1 Å². The van der Waals surface area contributed by atoms with Crippen LogP contribution in [0.15, 0.2) is 42.5 Å². The number of anilines is 2. The van der Waals surface area contributed by atoms with Crippen molar-refractivity contribution >= 4 is 23.2 Å². The number of fused-ring (bicyclic) bond motifs is 1. The van der Waals surface area contributed by atoms with Crippen molar-refractivity contribution in [3.63, 3.8) is 0 Å². The van der Waals surface area contributed by atoms with Crippen molar-refractivity contribution in [1.29, 1.82) is 0 Å². The minimum atomic E-state index is -0.976. The second kappa shape index (κ2) is 8.21. The van der Waals surface area contributed by atoms with Crippen LogP contribution in [0.4, 0.5) is 15.8 Å². The van der Waals surface area contributed by atoms with E-state index in [4.69, 9.17) is 4.74 Å². The highest BCUT2D eigenvalue weighted by atomic mass is 19.1. The summed E-state index contributed by atoms with van der Waals surface area (Å²) in [7, 11) is 0. The Hall–Kier alpha value is -3.09. The van der Waals surface area contributed by atoms with Gasteiger partial charge >= 0.3 is 0 Å². The molecule has 2 amide bonds. The zero-order valence-corrected chi connectivity index (χ0v) is 18.2. The number of halogens is 1. The van der Waals surface area contributed by atoms with Gasteiger partial charge < -0.3 is 19.4 Å². The molecule has 0 saturated carbocycles. The van der Waals surface area contributed by atoms with Crippen LogP contribution in [0.2, 0.25) is 0 Å². The van der Waals surface area contributed by atoms with E-state index >= 15 is 0 Å². The van der Waals surface area contributed by atoms with Crippen LogP contribution >= 0.6 is 0 Å². The maximum atomic E-state index is 14.0. The lowest BCUT2D eigenvalue weighted by Gasteiger charge is -2.39. The highest BCUT2D eigenvalue weighted by Crippen LogP contribution is 2.38. The number of rotatable bonds is 4. The molecule has 6 nitrogen and oxygen atoms in total. The van der Waals surface area contributed by atoms with Gasteiger partial charge in [0.25, 0.3) is 5.91 Å². The van der Waals surface area contributed by atoms with Crippen LogP contribution in [-0.2, 0) is 9.59 Å². The van der Waals surface area contributed by atoms with Gasteiger partial charge in [0.05, 0.1) is 11.4 Å². The summed E-state index contributed by atoms with van der Waals surface area (Å²) < 4.78 is 19.9. The molecule has 0 spiro atoms. The molecule has 0 unspecified atom stereocenters. The van der Waals surface area contributed by atoms with Crippen molar-refractivity contribution in [3.05, 3.63) is 53.8 Å². The van der Waals surface area contributed by atoms with Crippen LogP contribution in [0.1, 0.15) is 25.8 Å². The summed E-state index contributed by atoms with van der Waals surface area (Å²) in [6.07, 6.45) is 0.231. The summed E-state index contributed by atoms with van der Waals surface area (Å²) in [6.45, 7) is 7.98. The number of hydrogen-bond donors (Lipinski definition) is 0. The summed E-state index contributed by atoms with van der Waals surface area (Å²) in [5.74, 6) is 0.257. The first-order chi connectivity index (χ1) is 14.8. The first-order valence-electron chi connectivity index (χ1n) is 10.6. The third-order valence-electron chi connectivity index (χ3n) is 5.91. The van der Waals surface area contributed by atoms with Crippen molar-refractivity contribution < 1.29 is 18.7 Å². The molecule has 0 radical (unpaired) electrons. The summed E-state index contributed by atoms with van der Waals surface area (Å²) in [5, 5.41) is 0. The molecule has 164 valence electrons. The van der Waals surface area contributed by atoms with Crippen LogP contribution < -0.4 is 14.5 Å². The number of ether oxygens (including phenoxy) is 1. The molecule has 0 bridgehead atoms. The number of benzene rings is 2. The third kappa shape index (κ3) is 4.22. The summed E-state index contributed by atoms with van der Waals surface area (Å²) in [6, 6.07) is 12.4. The van der Waals surface area contributed by atoms with Gasteiger partial charge in [-0.2, -0.15) is 0 Å². The van der Waals surface area contributed by atoms with Crippen molar-refractivity contribution in [1.82, 2.24) is 4.90 Å². The lowest BCUT2D eigenvalue weighted by atomic mass is 10.0. The second-order valence-electron chi connectivity index (χ2n) is 8.61. The minimum Gasteiger partial charge on any atom is -0.476 e. The number of carbonyl (C=O) groups excluding carboxylic acids is 2. The van der Waals surface area contributed by atoms with Crippen molar-refractivity contribution in [2.75, 3.05) is 42.5 Å². The number of aryl methyl sites for hydroxylation is 1. The molecular weight excluding hydrogens is 397 g/mol. The maximum Gasteiger partial charge on any atom is 0.270 e. The minimum absolute atomic E-state index is 0.000477. The Morgan fingerprint density at radius 2 is 1.77 bits per heavy atom. The van der Waals surface area contributed by atoms with E-state index in [1.165, 1.54) is 6.07 Å². The fourth-order valence-corrected chi connectivity index (χ4v) is 4.17. The highest BCUT2D eigenvalue weighted by Gasteiger charge is 2.41. The molecule has 0 N–H and O–H groups in total. The number of piperazine rings is 1.